The fourth-order valence-electron chi connectivity index (χ4n) is 1.68. The van der Waals surface area contributed by atoms with E-state index in [1.54, 1.807) is 0 Å². The summed E-state index contributed by atoms with van der Waals surface area (Å²) < 4.78 is 0. The van der Waals surface area contributed by atoms with E-state index in [1.165, 1.54) is 12.2 Å². The van der Waals surface area contributed by atoms with Gasteiger partial charge in [0.2, 0.25) is 0 Å². The highest BCUT2D eigenvalue weighted by molar-refractivity contribution is 7.98. The molecule has 2 N–H and O–H groups in total. The molecule has 4 heteroatoms. The normalized spacial score (nSPS) is 17.5. The summed E-state index contributed by atoms with van der Waals surface area (Å²) >= 11 is 1.88. The highest BCUT2D eigenvalue weighted by Crippen LogP contribution is 2.11. The molecule has 0 heterocycles. The summed E-state index contributed by atoms with van der Waals surface area (Å²) in [5.41, 5.74) is -0.660. The molecule has 0 rings (SSSR count). The Balaban J connectivity index is 4.02. The van der Waals surface area contributed by atoms with Crippen molar-refractivity contribution in [2.45, 2.75) is 51.8 Å². The Morgan fingerprint density at radius 1 is 1.35 bits per heavy atom. The van der Waals surface area contributed by atoms with Gasteiger partial charge in [0.25, 0.3) is 0 Å². The van der Waals surface area contributed by atoms with Gasteiger partial charge in [-0.05, 0) is 39.3 Å². The number of nitrogens with zero attached hydrogens (tertiary/aromatic N) is 1. The van der Waals surface area contributed by atoms with E-state index in [-0.39, 0.29) is 0 Å². The lowest BCUT2D eigenvalue weighted by Gasteiger charge is -2.33. The zero-order chi connectivity index (χ0) is 13.5. The largest absolute Gasteiger partial charge is 0.388 e. The first-order valence-electron chi connectivity index (χ1n) is 6.43. The second-order valence-electron chi connectivity index (χ2n) is 5.58. The Hall–Kier alpha value is 0.230. The highest BCUT2D eigenvalue weighted by atomic mass is 32.2. The van der Waals surface area contributed by atoms with Gasteiger partial charge >= 0.3 is 0 Å². The van der Waals surface area contributed by atoms with Crippen LogP contribution in [0.2, 0.25) is 0 Å². The standard InChI is InChI=1S/C13H30N2OS/c1-11(2)14-9-13(4,16)10-15(5)12(3)7-8-17-6/h11-12,14,16H,7-10H2,1-6H3. The first kappa shape index (κ1) is 17.2. The lowest BCUT2D eigenvalue weighted by Crippen LogP contribution is -2.49. The van der Waals surface area contributed by atoms with Crippen LogP contribution in [0.3, 0.4) is 0 Å². The molecule has 0 amide bonds. The third-order valence-electron chi connectivity index (χ3n) is 2.97. The van der Waals surface area contributed by atoms with Crippen LogP contribution in [-0.2, 0) is 0 Å². The third-order valence-corrected chi connectivity index (χ3v) is 3.62. The van der Waals surface area contributed by atoms with Gasteiger partial charge < -0.3 is 15.3 Å². The number of hydrogen-bond donors (Lipinski definition) is 2. The van der Waals surface area contributed by atoms with E-state index in [9.17, 15) is 5.11 Å². The molecular formula is C13H30N2OS. The minimum atomic E-state index is -0.660. The van der Waals surface area contributed by atoms with Gasteiger partial charge in [0.15, 0.2) is 0 Å². The first-order valence-corrected chi connectivity index (χ1v) is 7.83. The van der Waals surface area contributed by atoms with Gasteiger partial charge in [-0.25, -0.2) is 0 Å². The van der Waals surface area contributed by atoms with E-state index < -0.39 is 5.60 Å². The highest BCUT2D eigenvalue weighted by Gasteiger charge is 2.24. The van der Waals surface area contributed by atoms with Gasteiger partial charge in [-0.3, -0.25) is 0 Å². The lowest BCUT2D eigenvalue weighted by molar-refractivity contribution is 0.0161. The molecule has 2 unspecified atom stereocenters. The number of aliphatic hydroxyl groups is 1. The van der Waals surface area contributed by atoms with Gasteiger partial charge in [0.1, 0.15) is 0 Å². The van der Waals surface area contributed by atoms with Crippen molar-refractivity contribution in [2.24, 2.45) is 0 Å². The monoisotopic (exact) mass is 262 g/mol. The van der Waals surface area contributed by atoms with Crippen LogP contribution in [0.5, 0.6) is 0 Å². The summed E-state index contributed by atoms with van der Waals surface area (Å²) in [6.07, 6.45) is 3.31. The van der Waals surface area contributed by atoms with Gasteiger partial charge in [-0.2, -0.15) is 11.8 Å². The van der Waals surface area contributed by atoms with E-state index in [2.05, 4.69) is 44.3 Å². The molecule has 17 heavy (non-hydrogen) atoms. The average molecular weight is 262 g/mol. The van der Waals surface area contributed by atoms with E-state index >= 15 is 0 Å². The predicted molar refractivity (Wildman–Crippen MR) is 78.9 cm³/mol. The maximum atomic E-state index is 10.3. The quantitative estimate of drug-likeness (QED) is 0.664. The smallest absolute Gasteiger partial charge is 0.0869 e. The molecule has 104 valence electrons. The topological polar surface area (TPSA) is 35.5 Å². The number of rotatable bonds is 9. The summed E-state index contributed by atoms with van der Waals surface area (Å²) in [5, 5.41) is 13.6. The molecule has 0 bridgehead atoms. The maximum absolute atomic E-state index is 10.3. The van der Waals surface area contributed by atoms with Gasteiger partial charge in [0, 0.05) is 25.2 Å². The summed E-state index contributed by atoms with van der Waals surface area (Å²) in [5.74, 6) is 1.18. The number of nitrogens with one attached hydrogen (secondary N) is 1. The van der Waals surface area contributed by atoms with Crippen LogP contribution in [0.25, 0.3) is 0 Å². The average Bonchev–Trinajstić information content (AvgIpc) is 2.22. The molecule has 3 nitrogen and oxygen atoms in total. The zero-order valence-electron chi connectivity index (χ0n) is 12.3. The second-order valence-corrected chi connectivity index (χ2v) is 6.56. The molecule has 0 aliphatic rings. The third kappa shape index (κ3) is 8.89. The Morgan fingerprint density at radius 2 is 1.94 bits per heavy atom. The minimum Gasteiger partial charge on any atom is -0.388 e. The molecule has 0 saturated carbocycles. The minimum absolute atomic E-state index is 0.417. The molecule has 0 aromatic carbocycles. The Kier molecular flexibility index (Phi) is 8.47. The van der Waals surface area contributed by atoms with E-state index in [4.69, 9.17) is 0 Å². The van der Waals surface area contributed by atoms with E-state index in [0.29, 0.717) is 25.2 Å². The fraction of sp³-hybridized carbons (Fsp3) is 1.00. The van der Waals surface area contributed by atoms with Crippen molar-refractivity contribution in [2.75, 3.05) is 32.1 Å². The second kappa shape index (κ2) is 8.35. The Labute approximate surface area is 111 Å². The van der Waals surface area contributed by atoms with Crippen molar-refractivity contribution in [3.63, 3.8) is 0 Å². The Morgan fingerprint density at radius 3 is 2.41 bits per heavy atom. The molecule has 2 atom stereocenters. The van der Waals surface area contributed by atoms with Crippen molar-refractivity contribution in [1.82, 2.24) is 10.2 Å². The van der Waals surface area contributed by atoms with Crippen molar-refractivity contribution in [3.05, 3.63) is 0 Å². The van der Waals surface area contributed by atoms with Crippen LogP contribution >= 0.6 is 11.8 Å². The molecular weight excluding hydrogens is 232 g/mol. The lowest BCUT2D eigenvalue weighted by atomic mass is 10.0. The van der Waals surface area contributed by atoms with Gasteiger partial charge in [-0.15, -0.1) is 0 Å². The molecule has 0 saturated heterocycles. The van der Waals surface area contributed by atoms with Crippen LogP contribution < -0.4 is 5.32 Å². The molecule has 0 aliphatic carbocycles. The van der Waals surface area contributed by atoms with Crippen LogP contribution in [0.4, 0.5) is 0 Å². The number of thioether (sulfide) groups is 1. The van der Waals surface area contributed by atoms with Crippen LogP contribution in [0.15, 0.2) is 0 Å². The fourth-order valence-corrected chi connectivity index (χ4v) is 2.26. The summed E-state index contributed by atoms with van der Waals surface area (Å²) in [4.78, 5) is 2.25. The van der Waals surface area contributed by atoms with Crippen molar-refractivity contribution in [3.8, 4) is 0 Å². The maximum Gasteiger partial charge on any atom is 0.0869 e. The zero-order valence-corrected chi connectivity index (χ0v) is 13.1. The van der Waals surface area contributed by atoms with Crippen molar-refractivity contribution >= 4 is 11.8 Å². The van der Waals surface area contributed by atoms with Crippen LogP contribution in [0, 0.1) is 0 Å². The van der Waals surface area contributed by atoms with Crippen LogP contribution in [-0.4, -0.2) is 59.8 Å². The van der Waals surface area contributed by atoms with Gasteiger partial charge in [0.05, 0.1) is 5.60 Å². The molecule has 0 radical (unpaired) electrons. The molecule has 0 aliphatic heterocycles. The van der Waals surface area contributed by atoms with Crippen LogP contribution in [0.1, 0.15) is 34.1 Å². The molecule has 0 aromatic heterocycles. The van der Waals surface area contributed by atoms with E-state index in [1.807, 2.05) is 18.7 Å². The van der Waals surface area contributed by atoms with Crippen molar-refractivity contribution in [1.29, 1.82) is 0 Å². The summed E-state index contributed by atoms with van der Waals surface area (Å²) in [6, 6.07) is 0.939. The SMILES string of the molecule is CSCCC(C)N(C)CC(C)(O)CNC(C)C. The summed E-state index contributed by atoms with van der Waals surface area (Å²) in [6.45, 7) is 9.68. The van der Waals surface area contributed by atoms with E-state index in [0.717, 1.165) is 0 Å². The molecule has 0 aromatic rings. The van der Waals surface area contributed by atoms with Gasteiger partial charge in [-0.1, -0.05) is 13.8 Å². The molecule has 0 fully saturated rings. The number of hydrogen-bond acceptors (Lipinski definition) is 4. The summed E-state index contributed by atoms with van der Waals surface area (Å²) in [7, 11) is 2.09. The predicted octanol–water partition coefficient (Wildman–Crippen LogP) is 1.81. The number of likely N-dealkylation sites (N-methyl/N-ethyl adjacent to an activating group) is 1. The van der Waals surface area contributed by atoms with Crippen molar-refractivity contribution < 1.29 is 5.11 Å². The molecule has 0 spiro atoms. The Bertz CT molecular complexity index is 198. The first-order chi connectivity index (χ1) is 7.78.